The number of esters is 1. The number of rotatable bonds is 7. The first-order valence-electron chi connectivity index (χ1n) is 8.24. The maximum Gasteiger partial charge on any atom is 0.338 e. The minimum absolute atomic E-state index is 0.149. The molecule has 0 bridgehead atoms. The summed E-state index contributed by atoms with van der Waals surface area (Å²) in [6.07, 6.45) is 5.54. The zero-order valence-corrected chi connectivity index (χ0v) is 13.3. The average molecular weight is 289 g/mol. The lowest BCUT2D eigenvalue weighted by molar-refractivity contribution is 0.0426. The molecule has 1 aliphatic rings. The maximum absolute atomic E-state index is 12.4. The number of hydrogen-bond acceptors (Lipinski definition) is 3. The highest BCUT2D eigenvalue weighted by atomic mass is 16.5. The van der Waals surface area contributed by atoms with E-state index in [1.165, 1.54) is 24.0 Å². The van der Waals surface area contributed by atoms with E-state index in [1.807, 2.05) is 12.1 Å². The lowest BCUT2D eigenvalue weighted by atomic mass is 9.95. The molecule has 0 fully saturated rings. The van der Waals surface area contributed by atoms with Gasteiger partial charge in [-0.15, -0.1) is 0 Å². The van der Waals surface area contributed by atoms with E-state index in [-0.39, 0.29) is 5.97 Å². The predicted molar refractivity (Wildman–Crippen MR) is 85.4 cm³/mol. The van der Waals surface area contributed by atoms with Crippen LogP contribution in [-0.4, -0.2) is 19.1 Å². The van der Waals surface area contributed by atoms with Gasteiger partial charge in [-0.25, -0.2) is 4.79 Å². The van der Waals surface area contributed by atoms with Crippen LogP contribution in [0.1, 0.15) is 61.0 Å². The fraction of sp³-hybridized carbons (Fsp3) is 0.611. The number of hydrogen-bond donors (Lipinski definition) is 1. The Bertz CT molecular complexity index is 470. The number of unbranched alkanes of at least 4 members (excludes halogenated alkanes) is 1. The third kappa shape index (κ3) is 4.31. The number of benzene rings is 1. The standard InChI is InChI=1S/C18H27NO2/c1-3-5-7-14(4-2)13-21-18(20)17-9-6-8-15-12-19-11-10-16(15)17/h6,8-9,14,19H,3-5,7,10-13H2,1-2H3. The van der Waals surface area contributed by atoms with E-state index in [0.717, 1.165) is 37.9 Å². The molecule has 0 aromatic heterocycles. The van der Waals surface area contributed by atoms with Crippen molar-refractivity contribution in [3.8, 4) is 0 Å². The minimum Gasteiger partial charge on any atom is -0.462 e. The molecule has 1 unspecified atom stereocenters. The highest BCUT2D eigenvalue weighted by Crippen LogP contribution is 2.20. The largest absolute Gasteiger partial charge is 0.462 e. The first-order valence-corrected chi connectivity index (χ1v) is 8.24. The number of ether oxygens (including phenoxy) is 1. The van der Waals surface area contributed by atoms with Crippen LogP contribution in [0.25, 0.3) is 0 Å². The Kier molecular flexibility index (Phi) is 6.24. The van der Waals surface area contributed by atoms with E-state index in [1.54, 1.807) is 0 Å². The zero-order chi connectivity index (χ0) is 15.1. The lowest BCUT2D eigenvalue weighted by Gasteiger charge is -2.20. The predicted octanol–water partition coefficient (Wildman–Crippen LogP) is 3.71. The van der Waals surface area contributed by atoms with Gasteiger partial charge in [0.1, 0.15) is 0 Å². The molecule has 1 N–H and O–H groups in total. The van der Waals surface area contributed by atoms with Crippen molar-refractivity contribution in [1.82, 2.24) is 5.32 Å². The minimum atomic E-state index is -0.149. The second-order valence-corrected chi connectivity index (χ2v) is 5.88. The van der Waals surface area contributed by atoms with E-state index in [2.05, 4.69) is 25.2 Å². The monoisotopic (exact) mass is 289 g/mol. The van der Waals surface area contributed by atoms with Crippen LogP contribution >= 0.6 is 0 Å². The normalized spacial score (nSPS) is 15.3. The molecule has 0 radical (unpaired) electrons. The molecule has 1 aromatic rings. The molecule has 0 aliphatic carbocycles. The molecule has 1 heterocycles. The molecule has 2 rings (SSSR count). The Morgan fingerprint density at radius 1 is 1.38 bits per heavy atom. The van der Waals surface area contributed by atoms with Gasteiger partial charge in [0.25, 0.3) is 0 Å². The molecule has 0 saturated heterocycles. The molecule has 1 atom stereocenters. The molecule has 0 spiro atoms. The molecule has 116 valence electrons. The van der Waals surface area contributed by atoms with Crippen molar-refractivity contribution in [2.75, 3.05) is 13.2 Å². The number of nitrogens with one attached hydrogen (secondary N) is 1. The topological polar surface area (TPSA) is 38.3 Å². The molecular formula is C18H27NO2. The smallest absolute Gasteiger partial charge is 0.338 e. The third-order valence-corrected chi connectivity index (χ3v) is 4.35. The van der Waals surface area contributed by atoms with Crippen LogP contribution < -0.4 is 5.32 Å². The molecule has 1 aliphatic heterocycles. The van der Waals surface area contributed by atoms with Crippen molar-refractivity contribution in [3.05, 3.63) is 34.9 Å². The first-order chi connectivity index (χ1) is 10.3. The Hall–Kier alpha value is -1.35. The van der Waals surface area contributed by atoms with Crippen molar-refractivity contribution in [1.29, 1.82) is 0 Å². The van der Waals surface area contributed by atoms with Crippen molar-refractivity contribution < 1.29 is 9.53 Å². The Morgan fingerprint density at radius 3 is 3.00 bits per heavy atom. The Morgan fingerprint density at radius 2 is 2.24 bits per heavy atom. The summed E-state index contributed by atoms with van der Waals surface area (Å²) < 4.78 is 5.58. The maximum atomic E-state index is 12.4. The van der Waals surface area contributed by atoms with Gasteiger partial charge in [0.2, 0.25) is 0 Å². The van der Waals surface area contributed by atoms with Gasteiger partial charge in [0, 0.05) is 6.54 Å². The summed E-state index contributed by atoms with van der Waals surface area (Å²) >= 11 is 0. The quantitative estimate of drug-likeness (QED) is 0.778. The molecule has 3 heteroatoms. The Labute approximate surface area is 128 Å². The van der Waals surface area contributed by atoms with Crippen molar-refractivity contribution in [2.45, 2.75) is 52.5 Å². The summed E-state index contributed by atoms with van der Waals surface area (Å²) in [5, 5.41) is 3.34. The summed E-state index contributed by atoms with van der Waals surface area (Å²) in [7, 11) is 0. The Balaban J connectivity index is 1.97. The van der Waals surface area contributed by atoms with Gasteiger partial charge in [-0.3, -0.25) is 0 Å². The molecule has 0 amide bonds. The summed E-state index contributed by atoms with van der Waals surface area (Å²) in [5.41, 5.74) is 3.16. The van der Waals surface area contributed by atoms with E-state index in [4.69, 9.17) is 4.74 Å². The van der Waals surface area contributed by atoms with E-state index in [9.17, 15) is 4.79 Å². The van der Waals surface area contributed by atoms with Gasteiger partial charge >= 0.3 is 5.97 Å². The summed E-state index contributed by atoms with van der Waals surface area (Å²) in [6, 6.07) is 5.95. The van der Waals surface area contributed by atoms with Gasteiger partial charge in [0.05, 0.1) is 12.2 Å². The summed E-state index contributed by atoms with van der Waals surface area (Å²) in [5.74, 6) is 0.346. The van der Waals surface area contributed by atoms with Gasteiger partial charge in [-0.1, -0.05) is 45.2 Å². The molecule has 1 aromatic carbocycles. The zero-order valence-electron chi connectivity index (χ0n) is 13.3. The van der Waals surface area contributed by atoms with Crippen molar-refractivity contribution in [3.63, 3.8) is 0 Å². The van der Waals surface area contributed by atoms with E-state index < -0.39 is 0 Å². The molecule has 21 heavy (non-hydrogen) atoms. The van der Waals surface area contributed by atoms with Crippen LogP contribution in [0.3, 0.4) is 0 Å². The van der Waals surface area contributed by atoms with Crippen LogP contribution in [0.2, 0.25) is 0 Å². The van der Waals surface area contributed by atoms with Gasteiger partial charge in [-0.2, -0.15) is 0 Å². The highest BCUT2D eigenvalue weighted by molar-refractivity contribution is 5.91. The van der Waals surface area contributed by atoms with Crippen LogP contribution in [0.4, 0.5) is 0 Å². The van der Waals surface area contributed by atoms with Crippen LogP contribution in [0, 0.1) is 5.92 Å². The molecule has 3 nitrogen and oxygen atoms in total. The van der Waals surface area contributed by atoms with Gasteiger partial charge in [0.15, 0.2) is 0 Å². The van der Waals surface area contributed by atoms with Crippen LogP contribution in [-0.2, 0) is 17.7 Å². The third-order valence-electron chi connectivity index (χ3n) is 4.35. The van der Waals surface area contributed by atoms with Gasteiger partial charge in [-0.05, 0) is 42.5 Å². The molecular weight excluding hydrogens is 262 g/mol. The summed E-state index contributed by atoms with van der Waals surface area (Å²) in [6.45, 7) is 6.71. The van der Waals surface area contributed by atoms with E-state index >= 15 is 0 Å². The second kappa shape index (κ2) is 8.18. The fourth-order valence-electron chi connectivity index (χ4n) is 2.89. The number of carbonyl (C=O) groups excluding carboxylic acids is 1. The number of fused-ring (bicyclic) bond motifs is 1. The highest BCUT2D eigenvalue weighted by Gasteiger charge is 2.19. The van der Waals surface area contributed by atoms with Crippen molar-refractivity contribution >= 4 is 5.97 Å². The second-order valence-electron chi connectivity index (χ2n) is 5.88. The SMILES string of the molecule is CCCCC(CC)COC(=O)c1cccc2c1CCNC2. The van der Waals surface area contributed by atoms with Gasteiger partial charge < -0.3 is 10.1 Å². The number of carbonyl (C=O) groups is 1. The average Bonchev–Trinajstić information content (AvgIpc) is 2.54. The van der Waals surface area contributed by atoms with Crippen LogP contribution in [0.15, 0.2) is 18.2 Å². The first kappa shape index (κ1) is 16.0. The summed E-state index contributed by atoms with van der Waals surface area (Å²) in [4.78, 5) is 12.4. The fourth-order valence-corrected chi connectivity index (χ4v) is 2.89. The van der Waals surface area contributed by atoms with Crippen LogP contribution in [0.5, 0.6) is 0 Å². The molecule has 0 saturated carbocycles. The van der Waals surface area contributed by atoms with E-state index in [0.29, 0.717) is 12.5 Å². The lowest BCUT2D eigenvalue weighted by Crippen LogP contribution is -2.26. The van der Waals surface area contributed by atoms with Crippen molar-refractivity contribution in [2.24, 2.45) is 5.92 Å².